The summed E-state index contributed by atoms with van der Waals surface area (Å²) < 4.78 is 5.61. The Bertz CT molecular complexity index is 343. The molecule has 174 valence electrons. The van der Waals surface area contributed by atoms with Crippen molar-refractivity contribution in [2.24, 2.45) is 0 Å². The van der Waals surface area contributed by atoms with Crippen molar-refractivity contribution in [3.63, 3.8) is 0 Å². The van der Waals surface area contributed by atoms with Gasteiger partial charge in [0.05, 0.1) is 6.10 Å². The van der Waals surface area contributed by atoms with Gasteiger partial charge in [0.15, 0.2) is 0 Å². The van der Waals surface area contributed by atoms with Crippen LogP contribution in [0.15, 0.2) is 0 Å². The third-order valence-electron chi connectivity index (χ3n) is 5.94. The molecular formula is C26H52O3. The van der Waals surface area contributed by atoms with Crippen molar-refractivity contribution < 1.29 is 14.6 Å². The van der Waals surface area contributed by atoms with Crippen molar-refractivity contribution in [1.82, 2.24) is 0 Å². The van der Waals surface area contributed by atoms with Crippen LogP contribution in [0, 0.1) is 0 Å². The number of unbranched alkanes of at least 4 members (excludes halogenated alkanes) is 12. The Balaban J connectivity index is 3.40. The third-order valence-corrected chi connectivity index (χ3v) is 5.94. The van der Waals surface area contributed by atoms with Gasteiger partial charge in [0.2, 0.25) is 0 Å². The fourth-order valence-corrected chi connectivity index (χ4v) is 3.87. The highest BCUT2D eigenvalue weighted by atomic mass is 16.5. The number of carbonyl (C=O) groups excluding carboxylic acids is 1. The minimum Gasteiger partial charge on any atom is -0.462 e. The van der Waals surface area contributed by atoms with Gasteiger partial charge in [-0.15, -0.1) is 0 Å². The average Bonchev–Trinajstić information content (AvgIpc) is 2.72. The van der Waals surface area contributed by atoms with E-state index in [9.17, 15) is 9.90 Å². The van der Waals surface area contributed by atoms with Gasteiger partial charge in [0.25, 0.3) is 0 Å². The Kier molecular flexibility index (Phi) is 21.7. The Labute approximate surface area is 182 Å². The minimum atomic E-state index is -0.0782. The van der Waals surface area contributed by atoms with E-state index in [-0.39, 0.29) is 18.2 Å². The number of ether oxygens (including phenoxy) is 1. The molecule has 0 fully saturated rings. The van der Waals surface area contributed by atoms with Gasteiger partial charge in [-0.2, -0.15) is 0 Å². The van der Waals surface area contributed by atoms with Crippen LogP contribution in [0.5, 0.6) is 0 Å². The summed E-state index contributed by atoms with van der Waals surface area (Å²) in [6, 6.07) is 0. The van der Waals surface area contributed by atoms with E-state index in [1.165, 1.54) is 77.0 Å². The second kappa shape index (κ2) is 22.1. The van der Waals surface area contributed by atoms with Crippen molar-refractivity contribution in [2.75, 3.05) is 0 Å². The number of hydrogen-bond donors (Lipinski definition) is 1. The highest BCUT2D eigenvalue weighted by Gasteiger charge is 2.11. The van der Waals surface area contributed by atoms with E-state index < -0.39 is 0 Å². The molecule has 0 aliphatic heterocycles. The van der Waals surface area contributed by atoms with Crippen molar-refractivity contribution in [1.29, 1.82) is 0 Å². The van der Waals surface area contributed by atoms with Crippen molar-refractivity contribution in [3.8, 4) is 0 Å². The monoisotopic (exact) mass is 412 g/mol. The molecule has 0 radical (unpaired) electrons. The Morgan fingerprint density at radius 3 is 1.66 bits per heavy atom. The molecule has 0 saturated carbocycles. The molecule has 2 unspecified atom stereocenters. The summed E-state index contributed by atoms with van der Waals surface area (Å²) in [6.07, 6.45) is 22.7. The first-order valence-corrected chi connectivity index (χ1v) is 13.0. The Morgan fingerprint density at radius 2 is 1.10 bits per heavy atom. The molecule has 1 N–H and O–H groups in total. The molecule has 0 aliphatic carbocycles. The maximum Gasteiger partial charge on any atom is 0.306 e. The second-order valence-corrected chi connectivity index (χ2v) is 8.89. The fourth-order valence-electron chi connectivity index (χ4n) is 3.87. The quantitative estimate of drug-likeness (QED) is 0.144. The topological polar surface area (TPSA) is 46.5 Å². The first-order chi connectivity index (χ1) is 14.1. The van der Waals surface area contributed by atoms with Crippen LogP contribution in [-0.4, -0.2) is 23.3 Å². The lowest BCUT2D eigenvalue weighted by Gasteiger charge is -2.16. The van der Waals surface area contributed by atoms with Gasteiger partial charge in [0.1, 0.15) is 6.10 Å². The first-order valence-electron chi connectivity index (χ1n) is 13.0. The molecule has 0 bridgehead atoms. The van der Waals surface area contributed by atoms with Crippen LogP contribution in [0.2, 0.25) is 0 Å². The largest absolute Gasteiger partial charge is 0.462 e. The molecule has 29 heavy (non-hydrogen) atoms. The van der Waals surface area contributed by atoms with Gasteiger partial charge in [-0.05, 0) is 38.5 Å². The highest BCUT2D eigenvalue weighted by Crippen LogP contribution is 2.15. The fraction of sp³-hybridized carbons (Fsp3) is 0.962. The van der Waals surface area contributed by atoms with Crippen LogP contribution in [0.1, 0.15) is 149 Å². The van der Waals surface area contributed by atoms with Crippen LogP contribution in [0.25, 0.3) is 0 Å². The number of esters is 1. The summed E-state index contributed by atoms with van der Waals surface area (Å²) in [4.78, 5) is 12.0. The van der Waals surface area contributed by atoms with Gasteiger partial charge in [-0.3, -0.25) is 4.79 Å². The summed E-state index contributed by atoms with van der Waals surface area (Å²) in [7, 11) is 0. The van der Waals surface area contributed by atoms with Crippen LogP contribution >= 0.6 is 0 Å². The van der Waals surface area contributed by atoms with Crippen molar-refractivity contribution in [3.05, 3.63) is 0 Å². The summed E-state index contributed by atoms with van der Waals surface area (Å²) in [5.41, 5.74) is 0. The van der Waals surface area contributed by atoms with E-state index in [0.29, 0.717) is 6.42 Å². The molecule has 0 heterocycles. The van der Waals surface area contributed by atoms with Gasteiger partial charge < -0.3 is 9.84 Å². The lowest BCUT2D eigenvalue weighted by atomic mass is 10.0. The van der Waals surface area contributed by atoms with Crippen molar-refractivity contribution >= 4 is 5.97 Å². The molecule has 0 amide bonds. The SMILES string of the molecule is CCCCCCC(O)CCCCCCCCCCC(=O)OC(CC)CCCCC. The maximum atomic E-state index is 12.0. The average molecular weight is 413 g/mol. The van der Waals surface area contributed by atoms with E-state index in [2.05, 4.69) is 20.8 Å². The zero-order chi connectivity index (χ0) is 21.6. The molecule has 3 heteroatoms. The molecule has 0 saturated heterocycles. The third kappa shape index (κ3) is 20.5. The molecule has 0 rings (SSSR count). The number of hydrogen-bond acceptors (Lipinski definition) is 3. The summed E-state index contributed by atoms with van der Waals surface area (Å²) in [5.74, 6) is 0.00148. The van der Waals surface area contributed by atoms with E-state index in [0.717, 1.165) is 44.9 Å². The normalized spacial score (nSPS) is 13.4. The first kappa shape index (κ1) is 28.4. The van der Waals surface area contributed by atoms with E-state index in [1.54, 1.807) is 0 Å². The van der Waals surface area contributed by atoms with Gasteiger partial charge in [0, 0.05) is 6.42 Å². The van der Waals surface area contributed by atoms with Gasteiger partial charge in [-0.1, -0.05) is 104 Å². The molecule has 3 nitrogen and oxygen atoms in total. The molecular weight excluding hydrogens is 360 g/mol. The van der Waals surface area contributed by atoms with Crippen LogP contribution in [0.4, 0.5) is 0 Å². The van der Waals surface area contributed by atoms with Crippen molar-refractivity contribution in [2.45, 2.75) is 161 Å². The van der Waals surface area contributed by atoms with Crippen LogP contribution < -0.4 is 0 Å². The maximum absolute atomic E-state index is 12.0. The molecule has 0 aliphatic rings. The molecule has 0 spiro atoms. The van der Waals surface area contributed by atoms with E-state index in [1.807, 2.05) is 0 Å². The standard InChI is InChI=1S/C26H52O3/c1-4-7-9-17-20-24(27)21-18-14-12-10-11-13-15-19-23-26(28)29-25(6-3)22-16-8-5-2/h24-25,27H,4-23H2,1-3H3. The lowest BCUT2D eigenvalue weighted by molar-refractivity contribution is -0.149. The van der Waals surface area contributed by atoms with E-state index >= 15 is 0 Å². The predicted octanol–water partition coefficient (Wildman–Crippen LogP) is 8.12. The van der Waals surface area contributed by atoms with Gasteiger partial charge in [-0.25, -0.2) is 0 Å². The zero-order valence-corrected chi connectivity index (χ0v) is 20.1. The van der Waals surface area contributed by atoms with Crippen LogP contribution in [0.3, 0.4) is 0 Å². The van der Waals surface area contributed by atoms with Crippen LogP contribution in [-0.2, 0) is 9.53 Å². The number of carbonyl (C=O) groups is 1. The number of rotatable bonds is 22. The molecule has 2 atom stereocenters. The highest BCUT2D eigenvalue weighted by molar-refractivity contribution is 5.69. The molecule has 0 aromatic carbocycles. The zero-order valence-electron chi connectivity index (χ0n) is 20.1. The summed E-state index contributed by atoms with van der Waals surface area (Å²) in [5, 5.41) is 9.98. The lowest BCUT2D eigenvalue weighted by Crippen LogP contribution is -2.17. The smallest absolute Gasteiger partial charge is 0.306 e. The second-order valence-electron chi connectivity index (χ2n) is 8.89. The molecule has 0 aromatic rings. The van der Waals surface area contributed by atoms with Gasteiger partial charge >= 0.3 is 5.97 Å². The minimum absolute atomic E-state index is 0.00148. The predicted molar refractivity (Wildman–Crippen MR) is 125 cm³/mol. The molecule has 0 aromatic heterocycles. The van der Waals surface area contributed by atoms with E-state index in [4.69, 9.17) is 4.74 Å². The Hall–Kier alpha value is -0.570. The number of aliphatic hydroxyl groups is 1. The number of aliphatic hydroxyl groups excluding tert-OH is 1. The Morgan fingerprint density at radius 1 is 0.655 bits per heavy atom. The summed E-state index contributed by atoms with van der Waals surface area (Å²) in [6.45, 7) is 6.54. The summed E-state index contributed by atoms with van der Waals surface area (Å²) >= 11 is 0.